The van der Waals surface area contributed by atoms with E-state index in [0.717, 1.165) is 5.69 Å². The van der Waals surface area contributed by atoms with E-state index in [9.17, 15) is 4.79 Å². The van der Waals surface area contributed by atoms with Gasteiger partial charge in [-0.1, -0.05) is 41.0 Å². The number of likely N-dealkylation sites (tertiary alicyclic amines) is 1. The van der Waals surface area contributed by atoms with Crippen molar-refractivity contribution in [3.63, 3.8) is 0 Å². The van der Waals surface area contributed by atoms with Crippen LogP contribution >= 0.6 is 11.6 Å². The minimum Gasteiger partial charge on any atom is -0.471 e. The molecular formula is C20H18ClN3O3. The Bertz CT molecular complexity index is 996. The molecule has 7 heteroatoms. The molecular weight excluding hydrogens is 366 g/mol. The number of carbonyl (C=O) groups is 1. The van der Waals surface area contributed by atoms with Crippen LogP contribution in [0.1, 0.15) is 21.8 Å². The summed E-state index contributed by atoms with van der Waals surface area (Å²) in [5.74, 6) is 0.908. The van der Waals surface area contributed by atoms with E-state index < -0.39 is 0 Å². The van der Waals surface area contributed by atoms with Crippen LogP contribution < -0.4 is 4.74 Å². The molecule has 1 amide bonds. The lowest BCUT2D eigenvalue weighted by Crippen LogP contribution is -2.56. The standard InChI is InChI=1S/C20H18ClN3O3/c1-12-6-5-9-17(22-12)26-14-10-24(11-14)20(25)18-13(2)27-23-19(18)15-7-3-4-8-16(15)21/h3-9,14H,10-11H2,1-2H3. The van der Waals surface area contributed by atoms with Crippen LogP contribution in [0.2, 0.25) is 5.02 Å². The fraction of sp³-hybridized carbons (Fsp3) is 0.250. The third-order valence-corrected chi connectivity index (χ3v) is 4.82. The van der Waals surface area contributed by atoms with Crippen molar-refractivity contribution in [1.82, 2.24) is 15.0 Å². The monoisotopic (exact) mass is 383 g/mol. The van der Waals surface area contributed by atoms with Gasteiger partial charge in [0.15, 0.2) is 0 Å². The number of carbonyl (C=O) groups excluding carboxylic acids is 1. The van der Waals surface area contributed by atoms with E-state index in [2.05, 4.69) is 10.1 Å². The minimum absolute atomic E-state index is 0.0767. The highest BCUT2D eigenvalue weighted by atomic mass is 35.5. The fourth-order valence-corrected chi connectivity index (χ4v) is 3.28. The maximum Gasteiger partial charge on any atom is 0.260 e. The number of rotatable bonds is 4. The van der Waals surface area contributed by atoms with Crippen molar-refractivity contribution in [1.29, 1.82) is 0 Å². The number of hydrogen-bond donors (Lipinski definition) is 0. The van der Waals surface area contributed by atoms with E-state index in [0.29, 0.717) is 46.6 Å². The third kappa shape index (κ3) is 3.40. The first-order chi connectivity index (χ1) is 13.0. The minimum atomic E-state index is -0.138. The molecule has 1 fully saturated rings. The number of aryl methyl sites for hydroxylation is 2. The Morgan fingerprint density at radius 1 is 1.19 bits per heavy atom. The van der Waals surface area contributed by atoms with Crippen molar-refractivity contribution in [2.75, 3.05) is 13.1 Å². The highest BCUT2D eigenvalue weighted by molar-refractivity contribution is 6.33. The third-order valence-electron chi connectivity index (χ3n) is 4.49. The summed E-state index contributed by atoms with van der Waals surface area (Å²) < 4.78 is 11.1. The predicted molar refractivity (Wildman–Crippen MR) is 101 cm³/mol. The van der Waals surface area contributed by atoms with Crippen molar-refractivity contribution in [3.05, 3.63) is 64.5 Å². The zero-order valence-corrected chi connectivity index (χ0v) is 15.7. The summed E-state index contributed by atoms with van der Waals surface area (Å²) in [5, 5.41) is 4.58. The quantitative estimate of drug-likeness (QED) is 0.683. The second kappa shape index (κ2) is 7.04. The first-order valence-corrected chi connectivity index (χ1v) is 9.01. The highest BCUT2D eigenvalue weighted by Crippen LogP contribution is 2.32. The van der Waals surface area contributed by atoms with E-state index in [1.54, 1.807) is 17.9 Å². The van der Waals surface area contributed by atoms with Gasteiger partial charge in [-0.15, -0.1) is 0 Å². The van der Waals surface area contributed by atoms with E-state index in [1.165, 1.54) is 0 Å². The molecule has 0 radical (unpaired) electrons. The van der Waals surface area contributed by atoms with Gasteiger partial charge >= 0.3 is 0 Å². The van der Waals surface area contributed by atoms with Gasteiger partial charge in [0.1, 0.15) is 23.1 Å². The molecule has 0 saturated carbocycles. The molecule has 1 aliphatic heterocycles. The topological polar surface area (TPSA) is 68.5 Å². The second-order valence-electron chi connectivity index (χ2n) is 6.51. The molecule has 138 valence electrons. The zero-order chi connectivity index (χ0) is 19.0. The van der Waals surface area contributed by atoms with Gasteiger partial charge in [0.2, 0.25) is 5.88 Å². The van der Waals surface area contributed by atoms with E-state index in [4.69, 9.17) is 20.9 Å². The molecule has 1 aromatic carbocycles. The first kappa shape index (κ1) is 17.5. The summed E-state index contributed by atoms with van der Waals surface area (Å²) in [6.07, 6.45) is -0.0767. The number of amides is 1. The lowest BCUT2D eigenvalue weighted by molar-refractivity contribution is 0.0159. The average Bonchev–Trinajstić information content (AvgIpc) is 2.99. The number of hydrogen-bond acceptors (Lipinski definition) is 5. The van der Waals surface area contributed by atoms with Gasteiger partial charge in [0.05, 0.1) is 18.1 Å². The molecule has 0 unspecified atom stereocenters. The number of aromatic nitrogens is 2. The molecule has 0 atom stereocenters. The smallest absolute Gasteiger partial charge is 0.260 e. The lowest BCUT2D eigenvalue weighted by atomic mass is 10.0. The van der Waals surface area contributed by atoms with Crippen LogP contribution in [0.4, 0.5) is 0 Å². The zero-order valence-electron chi connectivity index (χ0n) is 15.0. The van der Waals surface area contributed by atoms with Crippen molar-refractivity contribution >= 4 is 17.5 Å². The molecule has 3 heterocycles. The van der Waals surface area contributed by atoms with Gasteiger partial charge in [-0.05, 0) is 26.0 Å². The maximum atomic E-state index is 13.0. The highest BCUT2D eigenvalue weighted by Gasteiger charge is 2.36. The van der Waals surface area contributed by atoms with E-state index in [1.807, 2.05) is 43.3 Å². The molecule has 0 bridgehead atoms. The van der Waals surface area contributed by atoms with Gasteiger partial charge < -0.3 is 14.2 Å². The maximum absolute atomic E-state index is 13.0. The van der Waals surface area contributed by atoms with Crippen LogP contribution in [0.25, 0.3) is 11.3 Å². The molecule has 0 aliphatic carbocycles. The van der Waals surface area contributed by atoms with Gasteiger partial charge in [-0.2, -0.15) is 0 Å². The lowest BCUT2D eigenvalue weighted by Gasteiger charge is -2.38. The van der Waals surface area contributed by atoms with Crippen LogP contribution in [-0.2, 0) is 0 Å². The molecule has 1 saturated heterocycles. The van der Waals surface area contributed by atoms with E-state index >= 15 is 0 Å². The Balaban J connectivity index is 1.49. The van der Waals surface area contributed by atoms with Gasteiger partial charge in [0, 0.05) is 17.3 Å². The molecule has 6 nitrogen and oxygen atoms in total. The molecule has 0 N–H and O–H groups in total. The summed E-state index contributed by atoms with van der Waals surface area (Å²) in [6.45, 7) is 4.61. The van der Waals surface area contributed by atoms with Crippen molar-refractivity contribution in [2.45, 2.75) is 20.0 Å². The summed E-state index contributed by atoms with van der Waals surface area (Å²) in [5.41, 5.74) is 2.48. The average molecular weight is 384 g/mol. The number of benzene rings is 1. The Hall–Kier alpha value is -2.86. The van der Waals surface area contributed by atoms with Gasteiger partial charge in [-0.3, -0.25) is 4.79 Å². The molecule has 27 heavy (non-hydrogen) atoms. The number of halogens is 1. The summed E-state index contributed by atoms with van der Waals surface area (Å²) in [7, 11) is 0. The number of pyridine rings is 1. The molecule has 3 aromatic rings. The van der Waals surface area contributed by atoms with Crippen LogP contribution in [0, 0.1) is 13.8 Å². The normalized spacial score (nSPS) is 14.1. The van der Waals surface area contributed by atoms with Gasteiger partial charge in [0.25, 0.3) is 5.91 Å². The first-order valence-electron chi connectivity index (χ1n) is 8.63. The predicted octanol–water partition coefficient (Wildman–Crippen LogP) is 3.91. The summed E-state index contributed by atoms with van der Waals surface area (Å²) in [4.78, 5) is 19.0. The van der Waals surface area contributed by atoms with Crippen molar-refractivity contribution in [2.24, 2.45) is 0 Å². The van der Waals surface area contributed by atoms with Crippen LogP contribution in [0.5, 0.6) is 5.88 Å². The SMILES string of the molecule is Cc1cccc(OC2CN(C(=O)c3c(-c4ccccc4Cl)noc3C)C2)n1. The molecule has 1 aliphatic rings. The molecule has 4 rings (SSSR count). The Morgan fingerprint density at radius 2 is 1.96 bits per heavy atom. The fourth-order valence-electron chi connectivity index (χ4n) is 3.05. The Labute approximate surface area is 161 Å². The number of ether oxygens (including phenoxy) is 1. The second-order valence-corrected chi connectivity index (χ2v) is 6.92. The van der Waals surface area contributed by atoms with Crippen molar-refractivity contribution in [3.8, 4) is 17.1 Å². The summed E-state index contributed by atoms with van der Waals surface area (Å²) in [6, 6.07) is 12.9. The van der Waals surface area contributed by atoms with Crippen LogP contribution in [0.15, 0.2) is 47.0 Å². The van der Waals surface area contributed by atoms with E-state index in [-0.39, 0.29) is 12.0 Å². The van der Waals surface area contributed by atoms with Gasteiger partial charge in [-0.25, -0.2) is 4.98 Å². The van der Waals surface area contributed by atoms with Crippen molar-refractivity contribution < 1.29 is 14.1 Å². The Kier molecular flexibility index (Phi) is 4.58. The number of nitrogens with zero attached hydrogens (tertiary/aromatic N) is 3. The molecule has 2 aromatic heterocycles. The molecule has 0 spiro atoms. The summed E-state index contributed by atoms with van der Waals surface area (Å²) >= 11 is 6.26. The Morgan fingerprint density at radius 3 is 2.70 bits per heavy atom. The van der Waals surface area contributed by atoms with Crippen LogP contribution in [0.3, 0.4) is 0 Å². The van der Waals surface area contributed by atoms with Crippen LogP contribution in [-0.4, -0.2) is 40.1 Å². The largest absolute Gasteiger partial charge is 0.471 e.